The van der Waals surface area contributed by atoms with Crippen LogP contribution in [0.5, 0.6) is 0 Å². The van der Waals surface area contributed by atoms with Crippen LogP contribution in [0.25, 0.3) is 0 Å². The van der Waals surface area contributed by atoms with Gasteiger partial charge < -0.3 is 25.5 Å². The number of hydrogen-bond donors (Lipinski definition) is 5. The van der Waals surface area contributed by atoms with Gasteiger partial charge >= 0.3 is 5.97 Å². The lowest BCUT2D eigenvalue weighted by Gasteiger charge is -2.30. The van der Waals surface area contributed by atoms with E-state index in [0.29, 0.717) is 6.08 Å². The van der Waals surface area contributed by atoms with Crippen molar-refractivity contribution >= 4 is 5.97 Å². The highest BCUT2D eigenvalue weighted by atomic mass is 16.4. The maximum absolute atomic E-state index is 10.5. The molecule has 6 nitrogen and oxygen atoms in total. The van der Waals surface area contributed by atoms with Crippen molar-refractivity contribution in [1.82, 2.24) is 0 Å². The number of carbonyl (C=O) groups is 1. The van der Waals surface area contributed by atoms with Crippen molar-refractivity contribution in [3.05, 3.63) is 11.8 Å². The first kappa shape index (κ1) is 9.97. The van der Waals surface area contributed by atoms with E-state index in [-0.39, 0.29) is 0 Å². The van der Waals surface area contributed by atoms with Crippen LogP contribution >= 0.6 is 0 Å². The number of aliphatic hydroxyl groups is 4. The van der Waals surface area contributed by atoms with Gasteiger partial charge in [0.15, 0.2) is 5.60 Å². The Balaban J connectivity index is 3.00. The molecule has 0 saturated heterocycles. The molecular weight excluding hydrogens is 180 g/mol. The maximum atomic E-state index is 10.5. The largest absolute Gasteiger partial charge is 0.510 e. The summed E-state index contributed by atoms with van der Waals surface area (Å²) in [4.78, 5) is 10.5. The minimum Gasteiger partial charge on any atom is -0.510 e. The van der Waals surface area contributed by atoms with Gasteiger partial charge in [-0.05, 0) is 6.08 Å². The molecule has 0 saturated carbocycles. The molecule has 74 valence electrons. The third-order valence-electron chi connectivity index (χ3n) is 1.94. The highest BCUT2D eigenvalue weighted by Gasteiger charge is 2.43. The molecule has 0 spiro atoms. The van der Waals surface area contributed by atoms with E-state index in [4.69, 9.17) is 20.4 Å². The Bertz CT molecular complexity index is 260. The predicted molar refractivity (Wildman–Crippen MR) is 39.9 cm³/mol. The SMILES string of the molecule is O=C(O)C1(O)C=C(O)C(O)C(O)C1. The molecule has 3 atom stereocenters. The van der Waals surface area contributed by atoms with E-state index >= 15 is 0 Å². The quantitative estimate of drug-likeness (QED) is 0.339. The van der Waals surface area contributed by atoms with Crippen LogP contribution in [0.4, 0.5) is 0 Å². The summed E-state index contributed by atoms with van der Waals surface area (Å²) < 4.78 is 0. The number of rotatable bonds is 1. The van der Waals surface area contributed by atoms with Gasteiger partial charge in [0.25, 0.3) is 0 Å². The van der Waals surface area contributed by atoms with E-state index in [0.717, 1.165) is 0 Å². The minimum absolute atomic E-state index is 0.548. The number of carboxylic acids is 1. The lowest BCUT2D eigenvalue weighted by atomic mass is 9.86. The van der Waals surface area contributed by atoms with Crippen molar-refractivity contribution in [3.8, 4) is 0 Å². The Hall–Kier alpha value is -1.11. The van der Waals surface area contributed by atoms with Crippen LogP contribution < -0.4 is 0 Å². The summed E-state index contributed by atoms with van der Waals surface area (Å²) in [6.45, 7) is 0. The van der Waals surface area contributed by atoms with Crippen molar-refractivity contribution in [2.24, 2.45) is 0 Å². The third kappa shape index (κ3) is 1.64. The number of hydrogen-bond acceptors (Lipinski definition) is 5. The van der Waals surface area contributed by atoms with Crippen LogP contribution in [0, 0.1) is 0 Å². The molecule has 0 fully saturated rings. The molecule has 5 N–H and O–H groups in total. The van der Waals surface area contributed by atoms with Gasteiger partial charge in [-0.25, -0.2) is 4.79 Å². The predicted octanol–water partition coefficient (Wildman–Crippen LogP) is -1.63. The second kappa shape index (κ2) is 2.99. The highest BCUT2D eigenvalue weighted by molar-refractivity contribution is 5.80. The number of aliphatic hydroxyl groups excluding tert-OH is 3. The van der Waals surface area contributed by atoms with Crippen LogP contribution in [0.3, 0.4) is 0 Å². The van der Waals surface area contributed by atoms with Crippen molar-refractivity contribution in [2.45, 2.75) is 24.2 Å². The Morgan fingerprint density at radius 1 is 1.54 bits per heavy atom. The third-order valence-corrected chi connectivity index (χ3v) is 1.94. The van der Waals surface area contributed by atoms with Crippen LogP contribution in [0.1, 0.15) is 6.42 Å². The Kier molecular flexibility index (Phi) is 2.29. The van der Waals surface area contributed by atoms with Crippen molar-refractivity contribution < 1.29 is 30.3 Å². The molecule has 3 unspecified atom stereocenters. The second-order valence-corrected chi connectivity index (χ2v) is 3.01. The van der Waals surface area contributed by atoms with Gasteiger partial charge in [-0.1, -0.05) is 0 Å². The number of carboxylic acid groups (broad SMARTS) is 1. The van der Waals surface area contributed by atoms with Crippen molar-refractivity contribution in [1.29, 1.82) is 0 Å². The number of aliphatic carboxylic acids is 1. The fourth-order valence-corrected chi connectivity index (χ4v) is 1.17. The van der Waals surface area contributed by atoms with E-state index in [9.17, 15) is 9.90 Å². The molecule has 0 radical (unpaired) electrons. The van der Waals surface area contributed by atoms with Gasteiger partial charge in [-0.2, -0.15) is 0 Å². The molecule has 0 aliphatic heterocycles. The van der Waals surface area contributed by atoms with E-state index in [1.54, 1.807) is 0 Å². The van der Waals surface area contributed by atoms with Gasteiger partial charge in [0.05, 0.1) is 6.10 Å². The highest BCUT2D eigenvalue weighted by Crippen LogP contribution is 2.26. The zero-order valence-corrected chi connectivity index (χ0v) is 6.58. The monoisotopic (exact) mass is 190 g/mol. The maximum Gasteiger partial charge on any atom is 0.340 e. The first-order chi connectivity index (χ1) is 5.87. The van der Waals surface area contributed by atoms with Crippen molar-refractivity contribution in [2.75, 3.05) is 0 Å². The summed E-state index contributed by atoms with van der Waals surface area (Å²) in [5, 5.41) is 44.8. The fourth-order valence-electron chi connectivity index (χ4n) is 1.17. The van der Waals surface area contributed by atoms with E-state index in [1.807, 2.05) is 0 Å². The fraction of sp³-hybridized carbons (Fsp3) is 0.571. The summed E-state index contributed by atoms with van der Waals surface area (Å²) in [7, 11) is 0. The molecule has 1 aliphatic rings. The molecule has 13 heavy (non-hydrogen) atoms. The zero-order valence-electron chi connectivity index (χ0n) is 6.58. The Labute approximate surface area is 73.4 Å². The topological polar surface area (TPSA) is 118 Å². The Morgan fingerprint density at radius 2 is 2.08 bits per heavy atom. The van der Waals surface area contributed by atoms with E-state index < -0.39 is 36.0 Å². The second-order valence-electron chi connectivity index (χ2n) is 3.01. The summed E-state index contributed by atoms with van der Waals surface area (Å²) in [6.07, 6.45) is -2.94. The molecule has 6 heteroatoms. The smallest absolute Gasteiger partial charge is 0.340 e. The van der Waals surface area contributed by atoms with Gasteiger partial charge in [-0.15, -0.1) is 0 Å². The van der Waals surface area contributed by atoms with Gasteiger partial charge in [0, 0.05) is 6.42 Å². The molecule has 0 bridgehead atoms. The summed E-state index contributed by atoms with van der Waals surface area (Å²) in [5.41, 5.74) is -2.30. The van der Waals surface area contributed by atoms with Crippen LogP contribution in [-0.2, 0) is 4.79 Å². The minimum atomic E-state index is -2.30. The first-order valence-electron chi connectivity index (χ1n) is 3.60. The average Bonchev–Trinajstić information content (AvgIpc) is 2.00. The molecular formula is C7H10O6. The van der Waals surface area contributed by atoms with Crippen LogP contribution in [0.15, 0.2) is 11.8 Å². The standard InChI is InChI=1S/C7H10O6/c8-3-1-7(13,6(11)12)2-4(9)5(3)10/h1,4-5,8-10,13H,2H2,(H,11,12). The zero-order chi connectivity index (χ0) is 10.2. The summed E-state index contributed by atoms with van der Waals surface area (Å²) >= 11 is 0. The molecule has 0 aromatic carbocycles. The van der Waals surface area contributed by atoms with Crippen LogP contribution in [-0.4, -0.2) is 49.3 Å². The van der Waals surface area contributed by atoms with Gasteiger partial charge in [0.2, 0.25) is 0 Å². The molecule has 1 aliphatic carbocycles. The molecule has 0 amide bonds. The Morgan fingerprint density at radius 3 is 2.46 bits per heavy atom. The first-order valence-corrected chi connectivity index (χ1v) is 3.60. The summed E-state index contributed by atoms with van der Waals surface area (Å²) in [6, 6.07) is 0. The molecule has 0 heterocycles. The molecule has 0 aromatic heterocycles. The van der Waals surface area contributed by atoms with Gasteiger partial charge in [0.1, 0.15) is 11.9 Å². The molecule has 0 aromatic rings. The van der Waals surface area contributed by atoms with Crippen LogP contribution in [0.2, 0.25) is 0 Å². The lowest BCUT2D eigenvalue weighted by Crippen LogP contribution is -2.48. The molecule has 1 rings (SSSR count). The van der Waals surface area contributed by atoms with E-state index in [1.165, 1.54) is 0 Å². The normalized spacial score (nSPS) is 39.8. The van der Waals surface area contributed by atoms with Crippen molar-refractivity contribution in [3.63, 3.8) is 0 Å². The van der Waals surface area contributed by atoms with Gasteiger partial charge in [-0.3, -0.25) is 0 Å². The average molecular weight is 190 g/mol. The van der Waals surface area contributed by atoms with E-state index in [2.05, 4.69) is 0 Å². The summed E-state index contributed by atoms with van der Waals surface area (Å²) in [5.74, 6) is -2.31. The lowest BCUT2D eigenvalue weighted by molar-refractivity contribution is -0.159.